The van der Waals surface area contributed by atoms with Crippen molar-refractivity contribution in [3.63, 3.8) is 0 Å². The third-order valence-electron chi connectivity index (χ3n) is 3.82. The maximum Gasteiger partial charge on any atom is 0.0284 e. The van der Waals surface area contributed by atoms with Crippen LogP contribution in [0.25, 0.3) is 0 Å². The lowest BCUT2D eigenvalue weighted by molar-refractivity contribution is 0.258. The van der Waals surface area contributed by atoms with Crippen molar-refractivity contribution in [2.45, 2.75) is 60.1 Å². The van der Waals surface area contributed by atoms with Crippen molar-refractivity contribution in [3.05, 3.63) is 11.0 Å². The van der Waals surface area contributed by atoms with Gasteiger partial charge in [-0.15, -0.1) is 11.8 Å². The van der Waals surface area contributed by atoms with Crippen LogP contribution in [0.5, 0.6) is 0 Å². The lowest BCUT2D eigenvalue weighted by Gasteiger charge is -2.42. The van der Waals surface area contributed by atoms with Gasteiger partial charge in [-0.05, 0) is 28.6 Å². The molecule has 2 atom stereocenters. The topological polar surface area (TPSA) is 0 Å². The number of hydrogen-bond acceptors (Lipinski definition) is 1. The van der Waals surface area contributed by atoms with E-state index in [0.29, 0.717) is 21.5 Å². The second-order valence-corrected chi connectivity index (χ2v) is 8.52. The average molecular weight is 226 g/mol. The molecule has 0 saturated heterocycles. The van der Waals surface area contributed by atoms with Gasteiger partial charge in [0.15, 0.2) is 0 Å². The first-order valence-electron chi connectivity index (χ1n) is 5.90. The molecule has 1 rings (SSSR count). The highest BCUT2D eigenvalue weighted by atomic mass is 32.2. The molecule has 0 aromatic rings. The maximum atomic E-state index is 2.48. The zero-order valence-electron chi connectivity index (χ0n) is 11.6. The summed E-state index contributed by atoms with van der Waals surface area (Å²) in [6.07, 6.45) is 2.48. The van der Waals surface area contributed by atoms with E-state index in [4.69, 9.17) is 0 Å². The number of thioether (sulfide) groups is 1. The summed E-state index contributed by atoms with van der Waals surface area (Å²) in [6, 6.07) is 0. The van der Waals surface area contributed by atoms with Gasteiger partial charge in [0.05, 0.1) is 0 Å². The van der Waals surface area contributed by atoms with Gasteiger partial charge in [0.2, 0.25) is 0 Å². The molecule has 0 aromatic heterocycles. The quantitative estimate of drug-likeness (QED) is 0.553. The summed E-state index contributed by atoms with van der Waals surface area (Å²) in [5.41, 5.74) is 0.655. The maximum absolute atomic E-state index is 2.48. The fourth-order valence-electron chi connectivity index (χ4n) is 1.98. The Labute approximate surface area is 99.9 Å². The first-order chi connectivity index (χ1) is 6.48. The van der Waals surface area contributed by atoms with Crippen LogP contribution in [0.15, 0.2) is 11.0 Å². The minimum absolute atomic E-state index is 0.307. The van der Waals surface area contributed by atoms with E-state index in [0.717, 1.165) is 0 Å². The molecule has 0 nitrogen and oxygen atoms in total. The fraction of sp³-hybridized carbons (Fsp3) is 0.857. The normalized spacial score (nSPS) is 33.1. The van der Waals surface area contributed by atoms with Gasteiger partial charge in [-0.25, -0.2) is 0 Å². The summed E-state index contributed by atoms with van der Waals surface area (Å²) >= 11 is 2.10. The van der Waals surface area contributed by atoms with Crippen LogP contribution in [-0.4, -0.2) is 4.75 Å². The highest BCUT2D eigenvalue weighted by Crippen LogP contribution is 2.58. The molecule has 0 aliphatic carbocycles. The monoisotopic (exact) mass is 226 g/mol. The van der Waals surface area contributed by atoms with Crippen molar-refractivity contribution in [3.8, 4) is 0 Å². The van der Waals surface area contributed by atoms with E-state index >= 15 is 0 Å². The van der Waals surface area contributed by atoms with Crippen molar-refractivity contribution in [1.82, 2.24) is 0 Å². The van der Waals surface area contributed by atoms with E-state index in [1.807, 2.05) is 0 Å². The van der Waals surface area contributed by atoms with Gasteiger partial charge in [0.25, 0.3) is 0 Å². The van der Waals surface area contributed by atoms with Crippen LogP contribution in [0.3, 0.4) is 0 Å². The molecule has 0 fully saturated rings. The molecule has 0 radical (unpaired) electrons. The van der Waals surface area contributed by atoms with Crippen molar-refractivity contribution < 1.29 is 0 Å². The summed E-state index contributed by atoms with van der Waals surface area (Å²) < 4.78 is 0.343. The van der Waals surface area contributed by atoms with E-state index in [9.17, 15) is 0 Å². The Kier molecular flexibility index (Phi) is 3.11. The van der Waals surface area contributed by atoms with Gasteiger partial charge in [-0.1, -0.05) is 54.5 Å². The molecular weight excluding hydrogens is 200 g/mol. The molecule has 1 heteroatoms. The van der Waals surface area contributed by atoms with E-state index in [1.165, 1.54) is 0 Å². The van der Waals surface area contributed by atoms with Gasteiger partial charge in [0.1, 0.15) is 0 Å². The second-order valence-electron chi connectivity index (χ2n) is 7.03. The molecule has 0 aromatic carbocycles. The molecule has 1 aliphatic heterocycles. The molecule has 0 N–H and O–H groups in total. The number of allylic oxidation sites excluding steroid dienone is 2. The van der Waals surface area contributed by atoms with E-state index in [1.54, 1.807) is 4.91 Å². The second kappa shape index (κ2) is 3.55. The fourth-order valence-corrected chi connectivity index (χ4v) is 3.58. The number of hydrogen-bond donors (Lipinski definition) is 0. The van der Waals surface area contributed by atoms with Crippen LogP contribution in [0, 0.1) is 16.7 Å². The Bertz CT molecular complexity index is 275. The van der Waals surface area contributed by atoms with Crippen molar-refractivity contribution in [2.75, 3.05) is 0 Å². The smallest absolute Gasteiger partial charge is 0.0284 e. The highest BCUT2D eigenvalue weighted by Gasteiger charge is 2.47. The van der Waals surface area contributed by atoms with Crippen molar-refractivity contribution in [2.24, 2.45) is 16.7 Å². The summed E-state index contributed by atoms with van der Waals surface area (Å²) in [6.45, 7) is 18.8. The van der Waals surface area contributed by atoms with Crippen molar-refractivity contribution >= 4 is 11.8 Å². The van der Waals surface area contributed by atoms with Crippen LogP contribution in [0.4, 0.5) is 0 Å². The molecular formula is C14H26S. The molecule has 1 aliphatic rings. The van der Waals surface area contributed by atoms with Crippen LogP contribution in [-0.2, 0) is 0 Å². The van der Waals surface area contributed by atoms with Gasteiger partial charge in [0, 0.05) is 4.75 Å². The minimum atomic E-state index is 0.307. The Morgan fingerprint density at radius 3 is 1.80 bits per heavy atom. The summed E-state index contributed by atoms with van der Waals surface area (Å²) in [7, 11) is 0. The van der Waals surface area contributed by atoms with E-state index in [-0.39, 0.29) is 0 Å². The molecule has 1 heterocycles. The minimum Gasteiger partial charge on any atom is -0.123 e. The Morgan fingerprint density at radius 1 is 1.13 bits per heavy atom. The van der Waals surface area contributed by atoms with E-state index < -0.39 is 0 Å². The van der Waals surface area contributed by atoms with Crippen LogP contribution < -0.4 is 0 Å². The van der Waals surface area contributed by atoms with Gasteiger partial charge < -0.3 is 0 Å². The van der Waals surface area contributed by atoms with Gasteiger partial charge >= 0.3 is 0 Å². The predicted octanol–water partition coefficient (Wildman–Crippen LogP) is 5.10. The lowest BCUT2D eigenvalue weighted by atomic mass is 9.74. The molecule has 15 heavy (non-hydrogen) atoms. The third kappa shape index (κ3) is 2.27. The molecule has 88 valence electrons. The van der Waals surface area contributed by atoms with E-state index in [2.05, 4.69) is 73.2 Å². The van der Waals surface area contributed by atoms with Crippen LogP contribution >= 0.6 is 11.8 Å². The Balaban J connectivity index is 2.99. The zero-order valence-corrected chi connectivity index (χ0v) is 12.4. The highest BCUT2D eigenvalue weighted by molar-refractivity contribution is 8.04. The first kappa shape index (κ1) is 13.2. The van der Waals surface area contributed by atoms with Crippen LogP contribution in [0.2, 0.25) is 0 Å². The molecule has 0 amide bonds. The molecule has 2 unspecified atom stereocenters. The Hall–Kier alpha value is 0.0900. The molecule has 0 spiro atoms. The van der Waals surface area contributed by atoms with Gasteiger partial charge in [-0.2, -0.15) is 0 Å². The summed E-state index contributed by atoms with van der Waals surface area (Å²) in [5, 5.41) is 0. The lowest BCUT2D eigenvalue weighted by Crippen LogP contribution is -2.39. The van der Waals surface area contributed by atoms with Gasteiger partial charge in [-0.3, -0.25) is 0 Å². The molecule has 0 saturated carbocycles. The Morgan fingerprint density at radius 2 is 1.60 bits per heavy atom. The van der Waals surface area contributed by atoms with Crippen LogP contribution in [0.1, 0.15) is 55.4 Å². The number of rotatable bonds is 0. The largest absolute Gasteiger partial charge is 0.123 e. The standard InChI is InChI=1S/C14H26S/c1-10-9-11(12(2,3)4)15-14(10,8)13(5,6)7/h9-10H,1-8H3. The SMILES string of the molecule is CC1C=C(C(C)(C)C)SC1(C)C(C)(C)C. The first-order valence-corrected chi connectivity index (χ1v) is 6.71. The third-order valence-corrected chi connectivity index (χ3v) is 6.20. The van der Waals surface area contributed by atoms with Crippen molar-refractivity contribution in [1.29, 1.82) is 0 Å². The zero-order chi connectivity index (χ0) is 12.1. The summed E-state index contributed by atoms with van der Waals surface area (Å²) in [5.74, 6) is 0.664. The summed E-state index contributed by atoms with van der Waals surface area (Å²) in [4.78, 5) is 1.56. The average Bonchev–Trinajstić information content (AvgIpc) is 2.27. The predicted molar refractivity (Wildman–Crippen MR) is 72.2 cm³/mol. The molecule has 0 bridgehead atoms.